The van der Waals surface area contributed by atoms with Gasteiger partial charge in [-0.05, 0) is 57.9 Å². The summed E-state index contributed by atoms with van der Waals surface area (Å²) in [4.78, 5) is 10.6. The molecule has 0 bridgehead atoms. The Hall–Kier alpha value is -2.24. The van der Waals surface area contributed by atoms with Crippen LogP contribution >= 0.6 is 15.9 Å². The summed E-state index contributed by atoms with van der Waals surface area (Å²) in [6, 6.07) is 7.56. The summed E-state index contributed by atoms with van der Waals surface area (Å²) in [5.41, 5.74) is 4.68. The second-order valence-electron chi connectivity index (χ2n) is 4.93. The first-order valence-corrected chi connectivity index (χ1v) is 9.17. The van der Waals surface area contributed by atoms with E-state index in [0.717, 1.165) is 30.3 Å². The maximum atomic E-state index is 12.4. The molecular formula is C16H12BrF4NO4S. The van der Waals surface area contributed by atoms with E-state index in [0.29, 0.717) is 9.88 Å². The molecule has 0 spiro atoms. The Kier molecular flexibility index (Phi) is 7.69. The van der Waals surface area contributed by atoms with Crippen molar-refractivity contribution in [3.05, 3.63) is 74.9 Å². The number of nitrogens with two attached hydrogens (primary N) is 1. The first-order valence-electron chi connectivity index (χ1n) is 6.87. The fourth-order valence-corrected chi connectivity index (χ4v) is 2.51. The minimum Gasteiger partial charge on any atom is -0.366 e. The molecule has 1 amide bonds. The summed E-state index contributed by atoms with van der Waals surface area (Å²) < 4.78 is 78.2. The fraction of sp³-hybridized carbons (Fsp3) is 0.0625. The standard InChI is InChI=1S/C9H7F3O3S.C7H5BrFNO/c10-9(11,12)8-3-1-7(2-4-8)5-6-16(13,14)15;8-6-3-4(9)1-2-5(6)7(10)11/h1-6H,(H,13,14,15);1-3H,(H2,10,11)/b6-5+;. The van der Waals surface area contributed by atoms with Crippen LogP contribution in [0.4, 0.5) is 17.6 Å². The lowest BCUT2D eigenvalue weighted by atomic mass is 10.1. The molecule has 3 N–H and O–H groups in total. The van der Waals surface area contributed by atoms with Crippen molar-refractivity contribution >= 4 is 38.0 Å². The summed E-state index contributed by atoms with van der Waals surface area (Å²) in [5, 5.41) is 0.496. The van der Waals surface area contributed by atoms with Crippen molar-refractivity contribution in [1.29, 1.82) is 0 Å². The number of primary amides is 1. The van der Waals surface area contributed by atoms with E-state index in [1.165, 1.54) is 18.2 Å². The predicted molar refractivity (Wildman–Crippen MR) is 94.6 cm³/mol. The molecule has 0 unspecified atom stereocenters. The van der Waals surface area contributed by atoms with Crippen molar-refractivity contribution in [1.82, 2.24) is 0 Å². The van der Waals surface area contributed by atoms with Gasteiger partial charge in [0.2, 0.25) is 5.91 Å². The zero-order valence-corrected chi connectivity index (χ0v) is 15.6. The maximum Gasteiger partial charge on any atom is 0.416 e. The van der Waals surface area contributed by atoms with Gasteiger partial charge in [0, 0.05) is 4.47 Å². The number of hydrogen-bond acceptors (Lipinski definition) is 3. The molecule has 0 saturated heterocycles. The topological polar surface area (TPSA) is 97.5 Å². The van der Waals surface area contributed by atoms with Crippen LogP contribution in [0.25, 0.3) is 6.08 Å². The van der Waals surface area contributed by atoms with Crippen molar-refractivity contribution in [2.24, 2.45) is 5.73 Å². The van der Waals surface area contributed by atoms with Crippen LogP contribution in [0, 0.1) is 5.82 Å². The van der Waals surface area contributed by atoms with E-state index in [1.54, 1.807) is 0 Å². The largest absolute Gasteiger partial charge is 0.416 e. The quantitative estimate of drug-likeness (QED) is 0.518. The van der Waals surface area contributed by atoms with E-state index >= 15 is 0 Å². The summed E-state index contributed by atoms with van der Waals surface area (Å²) in [6.07, 6.45) is -3.43. The normalized spacial score (nSPS) is 11.8. The first kappa shape index (κ1) is 22.8. The Bertz CT molecular complexity index is 942. The van der Waals surface area contributed by atoms with Crippen molar-refractivity contribution in [2.75, 3.05) is 0 Å². The van der Waals surface area contributed by atoms with Crippen molar-refractivity contribution in [3.63, 3.8) is 0 Å². The van der Waals surface area contributed by atoms with Gasteiger partial charge in [-0.3, -0.25) is 9.35 Å². The van der Waals surface area contributed by atoms with Crippen molar-refractivity contribution in [3.8, 4) is 0 Å². The lowest BCUT2D eigenvalue weighted by Crippen LogP contribution is -2.11. The van der Waals surface area contributed by atoms with Gasteiger partial charge in [-0.15, -0.1) is 0 Å². The molecule has 0 saturated carbocycles. The van der Waals surface area contributed by atoms with E-state index in [2.05, 4.69) is 15.9 Å². The molecule has 0 heterocycles. The monoisotopic (exact) mass is 469 g/mol. The number of carbonyl (C=O) groups is 1. The minimum absolute atomic E-state index is 0.241. The minimum atomic E-state index is -4.43. The second-order valence-corrected chi connectivity index (χ2v) is 7.08. The van der Waals surface area contributed by atoms with Gasteiger partial charge in [0.25, 0.3) is 10.1 Å². The molecule has 0 radical (unpaired) electrons. The van der Waals surface area contributed by atoms with Crippen LogP contribution in [-0.2, 0) is 16.3 Å². The molecule has 146 valence electrons. The molecule has 27 heavy (non-hydrogen) atoms. The number of rotatable bonds is 3. The highest BCUT2D eigenvalue weighted by atomic mass is 79.9. The Balaban J connectivity index is 0.000000289. The molecule has 5 nitrogen and oxygen atoms in total. The summed E-state index contributed by atoms with van der Waals surface area (Å²) in [7, 11) is -4.26. The summed E-state index contributed by atoms with van der Waals surface area (Å²) >= 11 is 3.01. The Morgan fingerprint density at radius 1 is 1.11 bits per heavy atom. The number of carbonyl (C=O) groups excluding carboxylic acids is 1. The number of halogens is 5. The molecule has 0 aliphatic carbocycles. The van der Waals surface area contributed by atoms with E-state index < -0.39 is 33.6 Å². The molecule has 2 rings (SSSR count). The molecule has 0 aliphatic rings. The smallest absolute Gasteiger partial charge is 0.366 e. The number of alkyl halides is 3. The van der Waals surface area contributed by atoms with E-state index in [-0.39, 0.29) is 11.1 Å². The molecule has 0 atom stereocenters. The zero-order valence-electron chi connectivity index (χ0n) is 13.2. The van der Waals surface area contributed by atoms with Crippen LogP contribution in [0.3, 0.4) is 0 Å². The second kappa shape index (κ2) is 9.11. The summed E-state index contributed by atoms with van der Waals surface area (Å²) in [6.45, 7) is 0. The molecule has 2 aromatic rings. The highest BCUT2D eigenvalue weighted by molar-refractivity contribution is 9.10. The Labute approximate surface area is 160 Å². The zero-order chi connectivity index (χ0) is 20.8. The SMILES string of the molecule is NC(=O)c1ccc(F)cc1Br.O=S(=O)(O)/C=C/c1ccc(C(F)(F)F)cc1. The number of benzene rings is 2. The van der Waals surface area contributed by atoms with Crippen LogP contribution in [-0.4, -0.2) is 18.9 Å². The average Bonchev–Trinajstić information content (AvgIpc) is 2.52. The molecule has 0 aliphatic heterocycles. The van der Waals surface area contributed by atoms with Gasteiger partial charge < -0.3 is 5.73 Å². The van der Waals surface area contributed by atoms with Crippen LogP contribution in [0.2, 0.25) is 0 Å². The van der Waals surface area contributed by atoms with Crippen LogP contribution in [0.5, 0.6) is 0 Å². The van der Waals surface area contributed by atoms with Gasteiger partial charge in [0.15, 0.2) is 0 Å². The molecule has 11 heteroatoms. The molecule has 0 fully saturated rings. The molecule has 2 aromatic carbocycles. The fourth-order valence-electron chi connectivity index (χ4n) is 1.64. The lowest BCUT2D eigenvalue weighted by Gasteiger charge is -2.05. The van der Waals surface area contributed by atoms with Crippen molar-refractivity contribution < 1.29 is 35.3 Å². The molecular weight excluding hydrogens is 458 g/mol. The number of hydrogen-bond donors (Lipinski definition) is 2. The highest BCUT2D eigenvalue weighted by Gasteiger charge is 2.29. The van der Waals surface area contributed by atoms with E-state index in [9.17, 15) is 30.8 Å². The van der Waals surface area contributed by atoms with E-state index in [1.807, 2.05) is 0 Å². The average molecular weight is 470 g/mol. The van der Waals surface area contributed by atoms with Gasteiger partial charge >= 0.3 is 6.18 Å². The first-order chi connectivity index (χ1) is 12.3. The van der Waals surface area contributed by atoms with Gasteiger partial charge in [0.1, 0.15) is 5.82 Å². The van der Waals surface area contributed by atoms with Gasteiger partial charge in [0.05, 0.1) is 16.5 Å². The van der Waals surface area contributed by atoms with Crippen molar-refractivity contribution in [2.45, 2.75) is 6.18 Å². The highest BCUT2D eigenvalue weighted by Crippen LogP contribution is 2.29. The van der Waals surface area contributed by atoms with E-state index in [4.69, 9.17) is 10.3 Å². The third-order valence-corrected chi connectivity index (χ3v) is 4.00. The van der Waals surface area contributed by atoms with Crippen LogP contribution < -0.4 is 5.73 Å². The summed E-state index contributed by atoms with van der Waals surface area (Å²) in [5.74, 6) is -0.973. The van der Waals surface area contributed by atoms with Gasteiger partial charge in [-0.25, -0.2) is 4.39 Å². The lowest BCUT2D eigenvalue weighted by molar-refractivity contribution is -0.137. The third kappa shape index (κ3) is 8.33. The predicted octanol–water partition coefficient (Wildman–Crippen LogP) is 4.25. The van der Waals surface area contributed by atoms with Crippen LogP contribution in [0.15, 0.2) is 52.3 Å². The maximum absolute atomic E-state index is 12.4. The molecule has 0 aromatic heterocycles. The Morgan fingerprint density at radius 2 is 1.67 bits per heavy atom. The van der Waals surface area contributed by atoms with Gasteiger partial charge in [-0.2, -0.15) is 21.6 Å². The van der Waals surface area contributed by atoms with Crippen LogP contribution in [0.1, 0.15) is 21.5 Å². The van der Waals surface area contributed by atoms with Gasteiger partial charge in [-0.1, -0.05) is 12.1 Å². The number of amides is 1. The Morgan fingerprint density at radius 3 is 2.07 bits per heavy atom. The third-order valence-electron chi connectivity index (χ3n) is 2.87.